The molecule has 2 aliphatic heterocycles. The first-order valence-electron chi connectivity index (χ1n) is 9.15. The lowest BCUT2D eigenvalue weighted by atomic mass is 10.2. The zero-order valence-electron chi connectivity index (χ0n) is 16.1. The van der Waals surface area contributed by atoms with Crippen LogP contribution < -0.4 is 15.7 Å². The zero-order valence-corrected chi connectivity index (χ0v) is 16.9. The first-order chi connectivity index (χ1) is 14.1. The number of ether oxygens (including phenoxy) is 2. The lowest BCUT2D eigenvalue weighted by Gasteiger charge is -2.19. The number of hydrogen-bond donors (Lipinski definition) is 2. The summed E-state index contributed by atoms with van der Waals surface area (Å²) in [4.78, 5) is 28.8. The number of aromatic nitrogens is 2. The van der Waals surface area contributed by atoms with Crippen LogP contribution in [0.15, 0.2) is 40.2 Å². The summed E-state index contributed by atoms with van der Waals surface area (Å²) in [5, 5.41) is 11.5. The predicted octanol–water partition coefficient (Wildman–Crippen LogP) is 2.63. The maximum Gasteiger partial charge on any atom is 0.351 e. The molecule has 11 heteroatoms. The van der Waals surface area contributed by atoms with Crippen LogP contribution in [0.1, 0.15) is 36.9 Å². The third kappa shape index (κ3) is 3.92. The topological polar surface area (TPSA) is 103 Å². The van der Waals surface area contributed by atoms with Crippen LogP contribution in [0.5, 0.6) is 5.75 Å². The van der Waals surface area contributed by atoms with Gasteiger partial charge < -0.3 is 19.9 Å². The smallest absolute Gasteiger partial charge is 0.351 e. The summed E-state index contributed by atoms with van der Waals surface area (Å²) in [6.07, 6.45) is -2.55. The number of fused-ring (bicyclic) bond motifs is 1. The molecule has 2 aromatic rings. The summed E-state index contributed by atoms with van der Waals surface area (Å²) in [5.74, 6) is -3.23. The number of hydrogen-bond acceptors (Lipinski definition) is 7. The van der Waals surface area contributed by atoms with Gasteiger partial charge in [-0.2, -0.15) is 4.98 Å². The Bertz CT molecular complexity index is 1060. The second-order valence-electron chi connectivity index (χ2n) is 7.48. The minimum Gasteiger partial charge on any atom is -0.476 e. The van der Waals surface area contributed by atoms with Gasteiger partial charge in [0.15, 0.2) is 4.93 Å². The molecule has 0 spiro atoms. The number of amides is 1. The minimum atomic E-state index is -3.33. The van der Waals surface area contributed by atoms with Crippen molar-refractivity contribution in [3.8, 4) is 5.75 Å². The summed E-state index contributed by atoms with van der Waals surface area (Å²) < 4.78 is 39.7. The molecule has 0 aliphatic carbocycles. The molecule has 2 unspecified atom stereocenters. The van der Waals surface area contributed by atoms with Crippen LogP contribution in [0.2, 0.25) is 0 Å². The Labute approximate surface area is 174 Å². The van der Waals surface area contributed by atoms with Crippen molar-refractivity contribution in [1.29, 1.82) is 0 Å². The molecule has 0 bridgehead atoms. The van der Waals surface area contributed by atoms with Crippen molar-refractivity contribution in [2.75, 3.05) is 11.9 Å². The molecule has 30 heavy (non-hydrogen) atoms. The van der Waals surface area contributed by atoms with E-state index in [2.05, 4.69) is 10.3 Å². The standard InChI is InChI=1S/C19H19F2N3O5S/c1-18(2)29-12-4-3-10(7-13(12)30-18)15(26)22-14-5-6-24(17(27)23-14)16-19(20,21)8-11(9-25)28-16/h3-7,11,16,25H,8-9H2,1-2H3,(H,22,23,26,27). The number of carbonyl (C=O) groups excluding carboxylic acids is 1. The quantitative estimate of drug-likeness (QED) is 0.755. The van der Waals surface area contributed by atoms with E-state index in [1.165, 1.54) is 17.8 Å². The van der Waals surface area contributed by atoms with E-state index < -0.39 is 47.8 Å². The molecule has 4 rings (SSSR count). The van der Waals surface area contributed by atoms with E-state index in [0.29, 0.717) is 15.9 Å². The van der Waals surface area contributed by atoms with Gasteiger partial charge in [0, 0.05) is 18.2 Å². The molecule has 0 saturated carbocycles. The number of rotatable bonds is 4. The fraction of sp³-hybridized carbons (Fsp3) is 0.421. The van der Waals surface area contributed by atoms with Crippen molar-refractivity contribution in [1.82, 2.24) is 9.55 Å². The van der Waals surface area contributed by atoms with Crippen molar-refractivity contribution in [2.45, 2.75) is 48.4 Å². The molecular weight excluding hydrogens is 420 g/mol. The lowest BCUT2D eigenvalue weighted by Crippen LogP contribution is -2.35. The highest BCUT2D eigenvalue weighted by Gasteiger charge is 2.51. The molecular formula is C19H19F2N3O5S. The van der Waals surface area contributed by atoms with Crippen molar-refractivity contribution in [3.05, 3.63) is 46.5 Å². The van der Waals surface area contributed by atoms with Gasteiger partial charge in [-0.25, -0.2) is 13.6 Å². The van der Waals surface area contributed by atoms with Crippen LogP contribution in [0.25, 0.3) is 0 Å². The summed E-state index contributed by atoms with van der Waals surface area (Å²) in [6.45, 7) is 3.25. The molecule has 8 nitrogen and oxygen atoms in total. The van der Waals surface area contributed by atoms with E-state index in [-0.39, 0.29) is 5.82 Å². The maximum atomic E-state index is 14.1. The SMILES string of the molecule is CC1(C)Oc2ccc(C(=O)Nc3ccn(C4OC(CO)CC4(F)F)c(=O)n3)cc2S1. The monoisotopic (exact) mass is 439 g/mol. The highest BCUT2D eigenvalue weighted by molar-refractivity contribution is 8.00. The van der Waals surface area contributed by atoms with Gasteiger partial charge in [-0.3, -0.25) is 9.36 Å². The van der Waals surface area contributed by atoms with E-state index >= 15 is 0 Å². The number of alkyl halides is 2. The Morgan fingerprint density at radius 1 is 1.40 bits per heavy atom. The number of halogens is 2. The Kier molecular flexibility index (Phi) is 5.07. The van der Waals surface area contributed by atoms with E-state index in [9.17, 15) is 18.4 Å². The summed E-state index contributed by atoms with van der Waals surface area (Å²) in [5.41, 5.74) is -0.666. The molecule has 160 valence electrons. The highest BCUT2D eigenvalue weighted by atomic mass is 32.2. The number of benzene rings is 1. The molecule has 1 amide bonds. The first kappa shape index (κ1) is 20.8. The molecule has 3 heterocycles. The van der Waals surface area contributed by atoms with Gasteiger partial charge in [0.25, 0.3) is 11.8 Å². The van der Waals surface area contributed by atoms with Crippen LogP contribution in [0.3, 0.4) is 0 Å². The molecule has 2 N–H and O–H groups in total. The van der Waals surface area contributed by atoms with Crippen LogP contribution in [0, 0.1) is 0 Å². The fourth-order valence-corrected chi connectivity index (χ4v) is 4.38. The zero-order chi connectivity index (χ0) is 21.7. The summed E-state index contributed by atoms with van der Waals surface area (Å²) in [6, 6.07) is 6.18. The largest absolute Gasteiger partial charge is 0.476 e. The molecule has 0 radical (unpaired) electrons. The second-order valence-corrected chi connectivity index (χ2v) is 9.11. The molecule has 1 saturated heterocycles. The Morgan fingerprint density at radius 2 is 2.17 bits per heavy atom. The van der Waals surface area contributed by atoms with Crippen molar-refractivity contribution < 1.29 is 28.2 Å². The average Bonchev–Trinajstić information content (AvgIpc) is 3.14. The van der Waals surface area contributed by atoms with Gasteiger partial charge in [0.2, 0.25) is 6.23 Å². The van der Waals surface area contributed by atoms with Crippen molar-refractivity contribution in [2.24, 2.45) is 0 Å². The average molecular weight is 439 g/mol. The minimum absolute atomic E-state index is 0.0778. The molecule has 1 fully saturated rings. The Balaban J connectivity index is 1.51. The highest BCUT2D eigenvalue weighted by Crippen LogP contribution is 2.47. The van der Waals surface area contributed by atoms with Crippen LogP contribution in [0.4, 0.5) is 14.6 Å². The van der Waals surface area contributed by atoms with E-state index in [4.69, 9.17) is 14.6 Å². The second kappa shape index (κ2) is 7.33. The van der Waals surface area contributed by atoms with E-state index in [0.717, 1.165) is 11.1 Å². The van der Waals surface area contributed by atoms with Gasteiger partial charge in [-0.1, -0.05) is 11.8 Å². The summed E-state index contributed by atoms with van der Waals surface area (Å²) in [7, 11) is 0. The predicted molar refractivity (Wildman–Crippen MR) is 104 cm³/mol. The van der Waals surface area contributed by atoms with Crippen LogP contribution in [-0.2, 0) is 4.74 Å². The molecule has 1 aromatic heterocycles. The van der Waals surface area contributed by atoms with Gasteiger partial charge in [-0.15, -0.1) is 0 Å². The van der Waals surface area contributed by atoms with Crippen molar-refractivity contribution >= 4 is 23.5 Å². The van der Waals surface area contributed by atoms with Crippen LogP contribution in [-0.4, -0.2) is 44.1 Å². The molecule has 2 aliphatic rings. The summed E-state index contributed by atoms with van der Waals surface area (Å²) >= 11 is 1.48. The van der Waals surface area contributed by atoms with Crippen molar-refractivity contribution in [3.63, 3.8) is 0 Å². The normalized spacial score (nSPS) is 23.6. The Morgan fingerprint density at radius 3 is 2.83 bits per heavy atom. The molecule has 1 aromatic carbocycles. The van der Waals surface area contributed by atoms with E-state index in [1.807, 2.05) is 13.8 Å². The maximum absolute atomic E-state index is 14.1. The van der Waals surface area contributed by atoms with Gasteiger partial charge in [0.1, 0.15) is 11.6 Å². The fourth-order valence-electron chi connectivity index (χ4n) is 3.32. The number of aliphatic hydroxyl groups excluding tert-OH is 1. The number of aliphatic hydroxyl groups is 1. The van der Waals surface area contributed by atoms with Gasteiger partial charge in [-0.05, 0) is 38.1 Å². The Hall–Kier alpha value is -2.50. The number of thioether (sulfide) groups is 1. The van der Waals surface area contributed by atoms with E-state index in [1.54, 1.807) is 18.2 Å². The van der Waals surface area contributed by atoms with Gasteiger partial charge >= 0.3 is 5.69 Å². The molecule has 2 atom stereocenters. The van der Waals surface area contributed by atoms with Crippen LogP contribution >= 0.6 is 11.8 Å². The first-order valence-corrected chi connectivity index (χ1v) is 9.96. The lowest BCUT2D eigenvalue weighted by molar-refractivity contribution is -0.120. The van der Waals surface area contributed by atoms with Gasteiger partial charge in [0.05, 0.1) is 17.6 Å². The number of nitrogens with zero attached hydrogens (tertiary/aromatic N) is 2. The number of carbonyl (C=O) groups is 1. The third-order valence-corrected chi connectivity index (χ3v) is 5.74. The number of anilines is 1. The number of nitrogens with one attached hydrogen (secondary N) is 1. The third-order valence-electron chi connectivity index (χ3n) is 4.63.